The fourth-order valence-corrected chi connectivity index (χ4v) is 4.22. The molecule has 0 aliphatic carbocycles. The van der Waals surface area contributed by atoms with Crippen molar-refractivity contribution >= 4 is 27.5 Å². The van der Waals surface area contributed by atoms with Gasteiger partial charge in [0.1, 0.15) is 0 Å². The molecular weight excluding hydrogens is 378 g/mol. The Kier molecular flexibility index (Phi) is 4.25. The molecule has 30 heavy (non-hydrogen) atoms. The van der Waals surface area contributed by atoms with Crippen LogP contribution in [0.2, 0.25) is 0 Å². The Labute approximate surface area is 172 Å². The van der Waals surface area contributed by atoms with Gasteiger partial charge >= 0.3 is 5.69 Å². The number of nitro benzene ring substituents is 1. The maximum absolute atomic E-state index is 11.7. The number of rotatable bonds is 5. The van der Waals surface area contributed by atoms with Crippen LogP contribution < -0.4 is 4.74 Å². The number of hydrogen-bond donors (Lipinski definition) is 2. The maximum atomic E-state index is 11.7. The molecule has 0 spiro atoms. The van der Waals surface area contributed by atoms with Gasteiger partial charge in [-0.25, -0.2) is 0 Å². The highest BCUT2D eigenvalue weighted by atomic mass is 16.6. The van der Waals surface area contributed by atoms with Crippen LogP contribution in [-0.2, 0) is 0 Å². The second kappa shape index (κ2) is 7.08. The summed E-state index contributed by atoms with van der Waals surface area (Å²) in [6, 6.07) is 21.4. The quantitative estimate of drug-likeness (QED) is 0.293. The van der Waals surface area contributed by atoms with Crippen molar-refractivity contribution in [3.05, 3.63) is 106 Å². The van der Waals surface area contributed by atoms with E-state index >= 15 is 0 Å². The number of H-pyrrole nitrogens is 2. The van der Waals surface area contributed by atoms with Crippen LogP contribution in [0.1, 0.15) is 22.6 Å². The molecule has 2 heterocycles. The zero-order valence-electron chi connectivity index (χ0n) is 16.3. The number of ether oxygens (including phenoxy) is 1. The molecule has 2 N–H and O–H groups in total. The average molecular weight is 397 g/mol. The van der Waals surface area contributed by atoms with Crippen LogP contribution in [-0.4, -0.2) is 22.0 Å². The Morgan fingerprint density at radius 3 is 1.97 bits per heavy atom. The van der Waals surface area contributed by atoms with Gasteiger partial charge in [-0.05, 0) is 34.9 Å². The Morgan fingerprint density at radius 2 is 1.43 bits per heavy atom. The lowest BCUT2D eigenvalue weighted by Crippen LogP contribution is -2.04. The minimum atomic E-state index is -0.399. The molecule has 0 unspecified atom stereocenters. The van der Waals surface area contributed by atoms with Crippen LogP contribution in [0.15, 0.2) is 79.1 Å². The van der Waals surface area contributed by atoms with E-state index in [0.717, 1.165) is 38.5 Å². The zero-order valence-corrected chi connectivity index (χ0v) is 16.3. The third kappa shape index (κ3) is 2.81. The highest BCUT2D eigenvalue weighted by Crippen LogP contribution is 2.41. The summed E-state index contributed by atoms with van der Waals surface area (Å²) >= 11 is 0. The Hall–Kier alpha value is -4.06. The summed E-state index contributed by atoms with van der Waals surface area (Å²) in [6.45, 7) is 0. The van der Waals surface area contributed by atoms with Crippen LogP contribution in [0.5, 0.6) is 5.75 Å². The standard InChI is InChI=1S/C24H19N3O3/c1-30-23-11-10-15(12-22(23)27(28)29)24(18-13-25-20-8-4-2-6-16(18)20)19-14-26-21-9-5-3-7-17(19)21/h2-14,24-26H,1H3. The molecule has 3 aromatic carbocycles. The van der Waals surface area contributed by atoms with E-state index in [9.17, 15) is 10.1 Å². The van der Waals surface area contributed by atoms with Crippen LogP contribution in [0.3, 0.4) is 0 Å². The number of aromatic nitrogens is 2. The van der Waals surface area contributed by atoms with E-state index in [4.69, 9.17) is 4.74 Å². The van der Waals surface area contributed by atoms with Gasteiger partial charge < -0.3 is 14.7 Å². The largest absolute Gasteiger partial charge is 0.490 e. The molecule has 6 heteroatoms. The average Bonchev–Trinajstić information content (AvgIpc) is 3.39. The first-order valence-corrected chi connectivity index (χ1v) is 9.61. The Bertz CT molecular complexity index is 1310. The van der Waals surface area contributed by atoms with Gasteiger partial charge in [0.05, 0.1) is 12.0 Å². The summed E-state index contributed by atoms with van der Waals surface area (Å²) in [6.07, 6.45) is 3.99. The summed E-state index contributed by atoms with van der Waals surface area (Å²) in [5, 5.41) is 13.8. The zero-order chi connectivity index (χ0) is 20.7. The van der Waals surface area contributed by atoms with Gasteiger partial charge in [-0.15, -0.1) is 0 Å². The summed E-state index contributed by atoms with van der Waals surface area (Å²) in [5.41, 5.74) is 4.97. The minimum absolute atomic E-state index is 0.0420. The van der Waals surface area contributed by atoms with Gasteiger partial charge in [0.25, 0.3) is 0 Å². The van der Waals surface area contributed by atoms with Crippen LogP contribution in [0.4, 0.5) is 5.69 Å². The lowest BCUT2D eigenvalue weighted by molar-refractivity contribution is -0.385. The summed E-state index contributed by atoms with van der Waals surface area (Å²) in [5.74, 6) is 0.0576. The normalized spacial score (nSPS) is 11.4. The maximum Gasteiger partial charge on any atom is 0.311 e. The second-order valence-electron chi connectivity index (χ2n) is 7.20. The van der Waals surface area contributed by atoms with E-state index in [1.807, 2.05) is 54.9 Å². The van der Waals surface area contributed by atoms with E-state index in [0.29, 0.717) is 0 Å². The number of nitro groups is 1. The summed E-state index contributed by atoms with van der Waals surface area (Å²) in [7, 11) is 1.44. The molecule has 6 nitrogen and oxygen atoms in total. The van der Waals surface area contributed by atoms with Gasteiger partial charge in [-0.2, -0.15) is 0 Å². The van der Waals surface area contributed by atoms with Crippen LogP contribution >= 0.6 is 0 Å². The smallest absolute Gasteiger partial charge is 0.311 e. The lowest BCUT2D eigenvalue weighted by Gasteiger charge is -2.18. The van der Waals surface area contributed by atoms with Crippen molar-refractivity contribution in [3.8, 4) is 5.75 Å². The molecule has 0 amide bonds. The molecule has 0 atom stereocenters. The van der Waals surface area contributed by atoms with E-state index < -0.39 is 4.92 Å². The fourth-order valence-electron chi connectivity index (χ4n) is 4.22. The molecule has 0 radical (unpaired) electrons. The first-order valence-electron chi connectivity index (χ1n) is 9.61. The topological polar surface area (TPSA) is 84.0 Å². The molecule has 0 aliphatic heterocycles. The molecule has 0 bridgehead atoms. The molecule has 0 saturated heterocycles. The molecular formula is C24H19N3O3. The number of para-hydroxylation sites is 2. The van der Waals surface area contributed by atoms with Crippen molar-refractivity contribution < 1.29 is 9.66 Å². The van der Waals surface area contributed by atoms with Gasteiger partial charge in [0, 0.05) is 46.2 Å². The number of fused-ring (bicyclic) bond motifs is 2. The minimum Gasteiger partial charge on any atom is -0.490 e. The predicted octanol–water partition coefficient (Wildman–Crippen LogP) is 5.75. The van der Waals surface area contributed by atoms with Crippen molar-refractivity contribution in [1.29, 1.82) is 0 Å². The monoisotopic (exact) mass is 397 g/mol. The van der Waals surface area contributed by atoms with E-state index in [1.54, 1.807) is 12.1 Å². The van der Waals surface area contributed by atoms with Gasteiger partial charge in [-0.3, -0.25) is 10.1 Å². The van der Waals surface area contributed by atoms with Gasteiger partial charge in [0.2, 0.25) is 0 Å². The number of methoxy groups -OCH3 is 1. The van der Waals surface area contributed by atoms with Crippen molar-refractivity contribution in [1.82, 2.24) is 9.97 Å². The summed E-state index contributed by atoms with van der Waals surface area (Å²) < 4.78 is 5.21. The van der Waals surface area contributed by atoms with Crippen LogP contribution in [0.25, 0.3) is 21.8 Å². The number of benzene rings is 3. The van der Waals surface area contributed by atoms with E-state index in [-0.39, 0.29) is 17.4 Å². The Morgan fingerprint density at radius 1 is 0.867 bits per heavy atom. The highest BCUT2D eigenvalue weighted by Gasteiger charge is 2.26. The molecule has 0 fully saturated rings. The molecule has 0 aliphatic rings. The third-order valence-electron chi connectivity index (χ3n) is 5.60. The first kappa shape index (κ1) is 18.0. The van der Waals surface area contributed by atoms with Crippen molar-refractivity contribution in [3.63, 3.8) is 0 Å². The van der Waals surface area contributed by atoms with Crippen molar-refractivity contribution in [2.45, 2.75) is 5.92 Å². The predicted molar refractivity (Wildman–Crippen MR) is 117 cm³/mol. The lowest BCUT2D eigenvalue weighted by atomic mass is 9.84. The molecule has 2 aromatic heterocycles. The van der Waals surface area contributed by atoms with Crippen molar-refractivity contribution in [2.24, 2.45) is 0 Å². The SMILES string of the molecule is COc1ccc(C(c2c[nH]c3ccccc23)c2c[nH]c3ccccc23)cc1[N+](=O)[O-]. The van der Waals surface area contributed by atoms with Gasteiger partial charge in [-0.1, -0.05) is 42.5 Å². The Balaban J connectivity index is 1.80. The number of nitrogens with zero attached hydrogens (tertiary/aromatic N) is 1. The number of nitrogens with one attached hydrogen (secondary N) is 2. The van der Waals surface area contributed by atoms with Gasteiger partial charge in [0.15, 0.2) is 5.75 Å². The highest BCUT2D eigenvalue weighted by molar-refractivity contribution is 5.89. The second-order valence-corrected chi connectivity index (χ2v) is 7.20. The third-order valence-corrected chi connectivity index (χ3v) is 5.60. The first-order chi connectivity index (χ1) is 14.7. The van der Waals surface area contributed by atoms with Crippen molar-refractivity contribution in [2.75, 3.05) is 7.11 Å². The number of hydrogen-bond acceptors (Lipinski definition) is 3. The molecule has 148 valence electrons. The van der Waals surface area contributed by atoms with E-state index in [1.165, 1.54) is 7.11 Å². The molecule has 0 saturated carbocycles. The molecule has 5 aromatic rings. The molecule has 5 rings (SSSR count). The number of aromatic amines is 2. The van der Waals surface area contributed by atoms with Crippen LogP contribution in [0, 0.1) is 10.1 Å². The van der Waals surface area contributed by atoms with E-state index in [2.05, 4.69) is 22.1 Å². The summed E-state index contributed by atoms with van der Waals surface area (Å²) in [4.78, 5) is 17.9. The fraction of sp³-hybridized carbons (Fsp3) is 0.0833.